The molecule has 2 aromatic heterocycles. The second-order valence-corrected chi connectivity index (χ2v) is 7.30. The number of thiophene rings is 1. The summed E-state index contributed by atoms with van der Waals surface area (Å²) in [7, 11) is -3.56. The van der Waals surface area contributed by atoms with Crippen LogP contribution in [-0.2, 0) is 10.0 Å². The highest BCUT2D eigenvalue weighted by molar-refractivity contribution is 9.11. The summed E-state index contributed by atoms with van der Waals surface area (Å²) < 4.78 is 27.0. The van der Waals surface area contributed by atoms with Crippen LogP contribution >= 0.6 is 27.3 Å². The predicted molar refractivity (Wildman–Crippen MR) is 66.2 cm³/mol. The van der Waals surface area contributed by atoms with Crippen molar-refractivity contribution in [1.82, 2.24) is 9.97 Å². The summed E-state index contributed by atoms with van der Waals surface area (Å²) in [5.41, 5.74) is 0. The molecule has 0 saturated heterocycles. The van der Waals surface area contributed by atoms with Gasteiger partial charge >= 0.3 is 0 Å². The molecule has 0 unspecified atom stereocenters. The van der Waals surface area contributed by atoms with Crippen LogP contribution in [0.1, 0.15) is 4.88 Å². The Morgan fingerprint density at radius 2 is 2.31 bits per heavy atom. The van der Waals surface area contributed by atoms with Gasteiger partial charge in [0.05, 0.1) is 3.79 Å². The van der Waals surface area contributed by atoms with E-state index in [9.17, 15) is 8.42 Å². The Hall–Kier alpha value is -0.860. The molecule has 0 spiro atoms. The number of aryl methyl sites for hydroxylation is 1. The minimum atomic E-state index is -3.56. The van der Waals surface area contributed by atoms with Crippen molar-refractivity contribution >= 4 is 43.2 Å². The van der Waals surface area contributed by atoms with Crippen LogP contribution in [0.4, 0.5) is 5.95 Å². The van der Waals surface area contributed by atoms with Crippen molar-refractivity contribution in [3.05, 3.63) is 27.1 Å². The zero-order chi connectivity index (χ0) is 11.8. The summed E-state index contributed by atoms with van der Waals surface area (Å²) in [5, 5.41) is 0. The summed E-state index contributed by atoms with van der Waals surface area (Å²) in [6, 6.07) is 1.57. The normalized spacial score (nSPS) is 11.6. The summed E-state index contributed by atoms with van der Waals surface area (Å²) in [5.74, 6) is 0.210. The Balaban J connectivity index is 2.36. The van der Waals surface area contributed by atoms with Gasteiger partial charge in [0.1, 0.15) is 4.90 Å². The van der Waals surface area contributed by atoms with E-state index < -0.39 is 10.0 Å². The topological polar surface area (TPSA) is 74.8 Å². The highest BCUT2D eigenvalue weighted by Gasteiger charge is 2.20. The van der Waals surface area contributed by atoms with Gasteiger partial charge in [-0.1, -0.05) is 0 Å². The molecule has 0 radical (unpaired) electrons. The van der Waals surface area contributed by atoms with Crippen molar-refractivity contribution in [2.24, 2.45) is 0 Å². The zero-order valence-corrected chi connectivity index (χ0v) is 11.4. The number of halogens is 1. The van der Waals surface area contributed by atoms with E-state index in [-0.39, 0.29) is 10.8 Å². The van der Waals surface area contributed by atoms with Crippen LogP contribution in [0.15, 0.2) is 27.1 Å². The van der Waals surface area contributed by atoms with Crippen molar-refractivity contribution in [1.29, 1.82) is 0 Å². The van der Waals surface area contributed by atoms with Gasteiger partial charge in [0.15, 0.2) is 0 Å². The van der Waals surface area contributed by atoms with Crippen molar-refractivity contribution in [3.63, 3.8) is 0 Å². The molecular weight excluding hydrogens is 314 g/mol. The maximum Gasteiger partial charge on any atom is 0.265 e. The van der Waals surface area contributed by atoms with Crippen molar-refractivity contribution in [3.8, 4) is 0 Å². The molecule has 5 nitrogen and oxygen atoms in total. The fourth-order valence-corrected chi connectivity index (χ4v) is 4.59. The Morgan fingerprint density at radius 3 is 2.81 bits per heavy atom. The number of aromatic amines is 1. The van der Waals surface area contributed by atoms with Crippen LogP contribution in [0.3, 0.4) is 0 Å². The monoisotopic (exact) mass is 321 g/mol. The summed E-state index contributed by atoms with van der Waals surface area (Å²) in [6.45, 7) is 1.76. The Bertz CT molecular complexity index is 589. The predicted octanol–water partition coefficient (Wildman–Crippen LogP) is 2.34. The molecule has 0 aromatic carbocycles. The maximum absolute atomic E-state index is 11.9. The molecule has 2 aromatic rings. The minimum Gasteiger partial charge on any atom is -0.330 e. The number of H-pyrrole nitrogens is 1. The van der Waals surface area contributed by atoms with Crippen LogP contribution in [0.2, 0.25) is 0 Å². The fourth-order valence-electron chi connectivity index (χ4n) is 1.20. The van der Waals surface area contributed by atoms with Crippen LogP contribution in [0.5, 0.6) is 0 Å². The number of imidazole rings is 1. The van der Waals surface area contributed by atoms with E-state index in [2.05, 4.69) is 30.6 Å². The molecule has 0 atom stereocenters. The van der Waals surface area contributed by atoms with Gasteiger partial charge in [-0.3, -0.25) is 0 Å². The molecule has 0 aliphatic heterocycles. The molecule has 8 heteroatoms. The standard InChI is InChI=1S/C8H8BrN3O2S2/c1-5-6(4-7(9)15-5)16(13,14)12-8-10-2-3-11-8/h2-4H,1H3,(H2,10,11,12). The van der Waals surface area contributed by atoms with Crippen molar-refractivity contribution < 1.29 is 8.42 Å². The molecule has 0 saturated carbocycles. The van der Waals surface area contributed by atoms with Gasteiger partial charge in [0.2, 0.25) is 5.95 Å². The third kappa shape index (κ3) is 2.28. The zero-order valence-electron chi connectivity index (χ0n) is 8.19. The maximum atomic E-state index is 11.9. The number of hydrogen-bond acceptors (Lipinski definition) is 4. The van der Waals surface area contributed by atoms with Crippen molar-refractivity contribution in [2.75, 3.05) is 4.72 Å². The number of hydrogen-bond donors (Lipinski definition) is 2. The van der Waals surface area contributed by atoms with E-state index in [4.69, 9.17) is 0 Å². The molecule has 0 fully saturated rings. The third-order valence-corrected chi connectivity index (χ3v) is 5.01. The molecule has 2 heterocycles. The Labute approximate surface area is 105 Å². The first-order chi connectivity index (χ1) is 7.49. The number of anilines is 1. The summed E-state index contributed by atoms with van der Waals surface area (Å²) in [4.78, 5) is 7.48. The lowest BCUT2D eigenvalue weighted by molar-refractivity contribution is 0.600. The molecule has 0 aliphatic carbocycles. The highest BCUT2D eigenvalue weighted by Crippen LogP contribution is 2.30. The first kappa shape index (κ1) is 11.6. The summed E-state index contributed by atoms with van der Waals surface area (Å²) >= 11 is 4.63. The smallest absolute Gasteiger partial charge is 0.265 e. The molecule has 16 heavy (non-hydrogen) atoms. The average Bonchev–Trinajstić information content (AvgIpc) is 2.75. The quantitative estimate of drug-likeness (QED) is 0.911. The minimum absolute atomic E-state index is 0.210. The number of rotatable bonds is 3. The second kappa shape index (κ2) is 4.19. The SMILES string of the molecule is Cc1sc(Br)cc1S(=O)(=O)Nc1ncc[nH]1. The van der Waals surface area contributed by atoms with E-state index in [1.807, 2.05) is 0 Å². The molecule has 0 amide bonds. The first-order valence-corrected chi connectivity index (χ1v) is 7.36. The number of sulfonamides is 1. The van der Waals surface area contributed by atoms with Gasteiger partial charge in [-0.05, 0) is 28.9 Å². The Morgan fingerprint density at radius 1 is 1.56 bits per heavy atom. The molecule has 0 aliphatic rings. The van der Waals surface area contributed by atoms with Crippen LogP contribution in [0, 0.1) is 6.92 Å². The van der Waals surface area contributed by atoms with Gasteiger partial charge in [0.25, 0.3) is 10.0 Å². The van der Waals surface area contributed by atoms with E-state index in [1.54, 1.807) is 19.2 Å². The second-order valence-electron chi connectivity index (χ2n) is 3.01. The molecule has 0 bridgehead atoms. The average molecular weight is 322 g/mol. The molecule has 86 valence electrons. The van der Waals surface area contributed by atoms with E-state index >= 15 is 0 Å². The van der Waals surface area contributed by atoms with E-state index in [0.29, 0.717) is 0 Å². The van der Waals surface area contributed by atoms with E-state index in [1.165, 1.54) is 17.5 Å². The fraction of sp³-hybridized carbons (Fsp3) is 0.125. The Kier molecular flexibility index (Phi) is 3.04. The molecular formula is C8H8BrN3O2S2. The van der Waals surface area contributed by atoms with E-state index in [0.717, 1.165) is 8.66 Å². The van der Waals surface area contributed by atoms with Gasteiger partial charge in [-0.15, -0.1) is 11.3 Å². The highest BCUT2D eigenvalue weighted by atomic mass is 79.9. The number of aromatic nitrogens is 2. The molecule has 2 rings (SSSR count). The first-order valence-electron chi connectivity index (χ1n) is 4.27. The lowest BCUT2D eigenvalue weighted by atomic mass is 10.5. The lowest BCUT2D eigenvalue weighted by Gasteiger charge is -2.03. The molecule has 2 N–H and O–H groups in total. The number of nitrogens with zero attached hydrogens (tertiary/aromatic N) is 1. The van der Waals surface area contributed by atoms with Gasteiger partial charge in [-0.2, -0.15) is 0 Å². The third-order valence-electron chi connectivity index (χ3n) is 1.86. The van der Waals surface area contributed by atoms with Crippen LogP contribution < -0.4 is 4.72 Å². The van der Waals surface area contributed by atoms with Crippen LogP contribution in [-0.4, -0.2) is 18.4 Å². The van der Waals surface area contributed by atoms with Crippen molar-refractivity contribution in [2.45, 2.75) is 11.8 Å². The van der Waals surface area contributed by atoms with Gasteiger partial charge < -0.3 is 4.98 Å². The van der Waals surface area contributed by atoms with Crippen LogP contribution in [0.25, 0.3) is 0 Å². The largest absolute Gasteiger partial charge is 0.330 e. The lowest BCUT2D eigenvalue weighted by Crippen LogP contribution is -2.13. The van der Waals surface area contributed by atoms with Gasteiger partial charge in [-0.25, -0.2) is 18.1 Å². The van der Waals surface area contributed by atoms with Gasteiger partial charge in [0, 0.05) is 17.3 Å². The number of nitrogens with one attached hydrogen (secondary N) is 2. The summed E-state index contributed by atoms with van der Waals surface area (Å²) in [6.07, 6.45) is 3.03.